The molecular formula is C18H15F3O. The van der Waals surface area contributed by atoms with E-state index in [4.69, 9.17) is 0 Å². The van der Waals surface area contributed by atoms with Gasteiger partial charge in [0, 0.05) is 5.56 Å². The first-order valence-corrected chi connectivity index (χ1v) is 7.17. The highest BCUT2D eigenvalue weighted by Crippen LogP contribution is 2.49. The third-order valence-electron chi connectivity index (χ3n) is 4.41. The molecule has 2 aromatic rings. The number of halogens is 3. The largest absolute Gasteiger partial charge is 0.402 e. The van der Waals surface area contributed by atoms with E-state index in [1.54, 1.807) is 48.5 Å². The minimum atomic E-state index is -4.56. The minimum Gasteiger partial charge on any atom is -0.293 e. The molecule has 0 aliphatic heterocycles. The van der Waals surface area contributed by atoms with Crippen molar-refractivity contribution < 1.29 is 18.0 Å². The first-order valence-electron chi connectivity index (χ1n) is 7.17. The molecule has 0 heterocycles. The topological polar surface area (TPSA) is 17.1 Å². The molecule has 22 heavy (non-hydrogen) atoms. The Balaban J connectivity index is 2.07. The molecule has 4 heteroatoms. The van der Waals surface area contributed by atoms with Crippen molar-refractivity contribution in [3.63, 3.8) is 0 Å². The van der Waals surface area contributed by atoms with Gasteiger partial charge in [-0.2, -0.15) is 13.2 Å². The van der Waals surface area contributed by atoms with Gasteiger partial charge < -0.3 is 0 Å². The summed E-state index contributed by atoms with van der Waals surface area (Å²) >= 11 is 0. The first-order chi connectivity index (χ1) is 10.4. The second kappa shape index (κ2) is 5.27. The van der Waals surface area contributed by atoms with Crippen molar-refractivity contribution in [2.45, 2.75) is 25.4 Å². The Morgan fingerprint density at radius 3 is 2.27 bits per heavy atom. The summed E-state index contributed by atoms with van der Waals surface area (Å²) in [5.41, 5.74) is -0.863. The summed E-state index contributed by atoms with van der Waals surface area (Å²) in [5.74, 6) is -0.800. The van der Waals surface area contributed by atoms with Gasteiger partial charge in [0.2, 0.25) is 0 Å². The number of carbonyl (C=O) groups excluding carboxylic acids is 1. The van der Waals surface area contributed by atoms with Crippen LogP contribution in [-0.2, 0) is 12.8 Å². The van der Waals surface area contributed by atoms with Gasteiger partial charge in [0.1, 0.15) is 5.41 Å². The monoisotopic (exact) mass is 304 g/mol. The van der Waals surface area contributed by atoms with Crippen LogP contribution in [0.4, 0.5) is 13.2 Å². The molecule has 1 aliphatic rings. The fraction of sp³-hybridized carbons (Fsp3) is 0.278. The van der Waals surface area contributed by atoms with E-state index in [0.717, 1.165) is 0 Å². The van der Waals surface area contributed by atoms with Crippen molar-refractivity contribution in [1.29, 1.82) is 0 Å². The summed E-state index contributed by atoms with van der Waals surface area (Å²) in [6.45, 7) is 0. The summed E-state index contributed by atoms with van der Waals surface area (Å²) in [6, 6.07) is 15.0. The van der Waals surface area contributed by atoms with Gasteiger partial charge in [-0.25, -0.2) is 0 Å². The van der Waals surface area contributed by atoms with Crippen LogP contribution in [-0.4, -0.2) is 12.0 Å². The number of alkyl halides is 3. The van der Waals surface area contributed by atoms with Crippen LogP contribution in [0.2, 0.25) is 0 Å². The Bertz CT molecular complexity index is 691. The van der Waals surface area contributed by atoms with E-state index in [1.807, 2.05) is 0 Å². The fourth-order valence-corrected chi connectivity index (χ4v) is 3.16. The molecule has 1 nitrogen and oxygen atoms in total. The number of fused-ring (bicyclic) bond motifs is 1. The highest BCUT2D eigenvalue weighted by molar-refractivity contribution is 6.03. The predicted molar refractivity (Wildman–Crippen MR) is 77.7 cm³/mol. The normalized spacial score (nSPS) is 21.5. The van der Waals surface area contributed by atoms with Crippen LogP contribution in [0.5, 0.6) is 0 Å². The van der Waals surface area contributed by atoms with Crippen molar-refractivity contribution in [2.24, 2.45) is 5.41 Å². The number of hydrogen-bond acceptors (Lipinski definition) is 1. The molecule has 3 rings (SSSR count). The Morgan fingerprint density at radius 2 is 1.59 bits per heavy atom. The van der Waals surface area contributed by atoms with E-state index >= 15 is 0 Å². The molecule has 1 atom stereocenters. The lowest BCUT2D eigenvalue weighted by molar-refractivity contribution is -0.207. The number of Topliss-reactive ketones (excluding diaryl/α,β-unsaturated/α-hetero) is 1. The van der Waals surface area contributed by atoms with E-state index in [-0.39, 0.29) is 24.8 Å². The van der Waals surface area contributed by atoms with Crippen LogP contribution in [0.3, 0.4) is 0 Å². The molecule has 0 saturated carbocycles. The standard InChI is InChI=1S/C18H15F3O/c19-18(20,21)17(12-13-6-2-1-3-7-13)11-10-14-8-4-5-9-15(14)16(17)22/h1-9H,10-12H2. The lowest BCUT2D eigenvalue weighted by Crippen LogP contribution is -2.49. The van der Waals surface area contributed by atoms with Crippen LogP contribution >= 0.6 is 0 Å². The van der Waals surface area contributed by atoms with Crippen LogP contribution < -0.4 is 0 Å². The lowest BCUT2D eigenvalue weighted by atomic mass is 9.67. The molecule has 0 spiro atoms. The first kappa shape index (κ1) is 14.8. The van der Waals surface area contributed by atoms with Gasteiger partial charge >= 0.3 is 6.18 Å². The van der Waals surface area contributed by atoms with Crippen LogP contribution in [0.1, 0.15) is 27.9 Å². The number of benzene rings is 2. The third-order valence-corrected chi connectivity index (χ3v) is 4.41. The van der Waals surface area contributed by atoms with Gasteiger partial charge in [-0.1, -0.05) is 54.6 Å². The minimum absolute atomic E-state index is 0.193. The molecule has 0 bridgehead atoms. The van der Waals surface area contributed by atoms with Crippen LogP contribution in [0.25, 0.3) is 0 Å². The molecule has 0 radical (unpaired) electrons. The number of carbonyl (C=O) groups is 1. The highest BCUT2D eigenvalue weighted by atomic mass is 19.4. The Morgan fingerprint density at radius 1 is 0.955 bits per heavy atom. The van der Waals surface area contributed by atoms with Gasteiger partial charge in [0.05, 0.1) is 0 Å². The van der Waals surface area contributed by atoms with Crippen LogP contribution in [0, 0.1) is 5.41 Å². The zero-order valence-electron chi connectivity index (χ0n) is 11.9. The molecule has 1 unspecified atom stereocenters. The van der Waals surface area contributed by atoms with Crippen LogP contribution in [0.15, 0.2) is 54.6 Å². The molecular weight excluding hydrogens is 289 g/mol. The maximum Gasteiger partial charge on any atom is 0.402 e. The molecule has 0 saturated heterocycles. The van der Waals surface area contributed by atoms with E-state index in [2.05, 4.69) is 0 Å². The zero-order chi connectivity index (χ0) is 15.8. The van der Waals surface area contributed by atoms with Crippen molar-refractivity contribution in [3.8, 4) is 0 Å². The molecule has 0 amide bonds. The number of ketones is 1. The summed E-state index contributed by atoms with van der Waals surface area (Å²) in [5, 5.41) is 0. The Kier molecular flexibility index (Phi) is 3.55. The lowest BCUT2D eigenvalue weighted by Gasteiger charge is -2.38. The Labute approximate surface area is 126 Å². The highest BCUT2D eigenvalue weighted by Gasteiger charge is 2.60. The van der Waals surface area contributed by atoms with E-state index < -0.39 is 17.4 Å². The fourth-order valence-electron chi connectivity index (χ4n) is 3.16. The number of hydrogen-bond donors (Lipinski definition) is 0. The van der Waals surface area contributed by atoms with Gasteiger partial charge in [0.15, 0.2) is 5.78 Å². The van der Waals surface area contributed by atoms with Crippen molar-refractivity contribution in [3.05, 3.63) is 71.3 Å². The molecule has 0 N–H and O–H groups in total. The maximum atomic E-state index is 13.8. The predicted octanol–water partition coefficient (Wildman–Crippen LogP) is 4.61. The molecule has 2 aromatic carbocycles. The molecule has 0 aromatic heterocycles. The average molecular weight is 304 g/mol. The van der Waals surface area contributed by atoms with Gasteiger partial charge in [-0.3, -0.25) is 4.79 Å². The van der Waals surface area contributed by atoms with E-state index in [1.165, 1.54) is 6.07 Å². The summed E-state index contributed by atoms with van der Waals surface area (Å²) in [4.78, 5) is 12.7. The number of aryl methyl sites for hydroxylation is 1. The summed E-state index contributed by atoms with van der Waals surface area (Å²) in [6.07, 6.45) is -4.78. The van der Waals surface area contributed by atoms with E-state index in [0.29, 0.717) is 11.1 Å². The third kappa shape index (κ3) is 2.32. The molecule has 1 aliphatic carbocycles. The average Bonchev–Trinajstić information content (AvgIpc) is 2.50. The van der Waals surface area contributed by atoms with Crippen molar-refractivity contribution >= 4 is 5.78 Å². The van der Waals surface area contributed by atoms with Crippen molar-refractivity contribution in [1.82, 2.24) is 0 Å². The van der Waals surface area contributed by atoms with Gasteiger partial charge in [-0.05, 0) is 30.4 Å². The van der Waals surface area contributed by atoms with Gasteiger partial charge in [0.25, 0.3) is 0 Å². The van der Waals surface area contributed by atoms with Gasteiger partial charge in [-0.15, -0.1) is 0 Å². The molecule has 0 fully saturated rings. The SMILES string of the molecule is O=C1c2ccccc2CCC1(Cc1ccccc1)C(F)(F)F. The van der Waals surface area contributed by atoms with E-state index in [9.17, 15) is 18.0 Å². The quantitative estimate of drug-likeness (QED) is 0.792. The maximum absolute atomic E-state index is 13.8. The Hall–Kier alpha value is -2.10. The summed E-state index contributed by atoms with van der Waals surface area (Å²) < 4.78 is 41.4. The molecule has 114 valence electrons. The number of rotatable bonds is 2. The smallest absolute Gasteiger partial charge is 0.293 e. The van der Waals surface area contributed by atoms with Crippen molar-refractivity contribution in [2.75, 3.05) is 0 Å². The summed E-state index contributed by atoms with van der Waals surface area (Å²) in [7, 11) is 0. The zero-order valence-corrected chi connectivity index (χ0v) is 11.9. The second-order valence-electron chi connectivity index (χ2n) is 5.73. The second-order valence-corrected chi connectivity index (χ2v) is 5.73.